The molecule has 84 valence electrons. The van der Waals surface area contributed by atoms with Crippen LogP contribution in [-0.2, 0) is 11.2 Å². The van der Waals surface area contributed by atoms with Crippen molar-refractivity contribution in [3.05, 3.63) is 24.1 Å². The minimum atomic E-state index is -1.01. The molecule has 1 aromatic heterocycles. The molecule has 1 aromatic carbocycles. The second-order valence-corrected chi connectivity index (χ2v) is 3.27. The van der Waals surface area contributed by atoms with Gasteiger partial charge in [-0.2, -0.15) is 0 Å². The number of fused-ring (bicyclic) bond motifs is 1. The Labute approximate surface area is 91.7 Å². The van der Waals surface area contributed by atoms with Gasteiger partial charge < -0.3 is 14.3 Å². The van der Waals surface area contributed by atoms with E-state index in [1.807, 2.05) is 6.92 Å². The maximum atomic E-state index is 10.3. The first-order valence-electron chi connectivity index (χ1n) is 4.93. The molecule has 5 heteroatoms. The average molecular weight is 221 g/mol. The second-order valence-electron chi connectivity index (χ2n) is 3.27. The molecule has 2 aromatic rings. The van der Waals surface area contributed by atoms with Crippen molar-refractivity contribution in [1.82, 2.24) is 4.98 Å². The van der Waals surface area contributed by atoms with E-state index in [4.69, 9.17) is 14.3 Å². The molecule has 0 amide bonds. The highest BCUT2D eigenvalue weighted by Crippen LogP contribution is 2.21. The first-order valence-corrected chi connectivity index (χ1v) is 4.93. The summed E-state index contributed by atoms with van der Waals surface area (Å²) in [6.45, 7) is 1.59. The van der Waals surface area contributed by atoms with E-state index >= 15 is 0 Å². The maximum Gasteiger partial charge on any atom is 0.341 e. The van der Waals surface area contributed by atoms with Gasteiger partial charge in [0, 0.05) is 12.5 Å². The Hall–Kier alpha value is -2.04. The summed E-state index contributed by atoms with van der Waals surface area (Å²) in [6, 6.07) is 5.05. The van der Waals surface area contributed by atoms with E-state index < -0.39 is 5.97 Å². The van der Waals surface area contributed by atoms with Gasteiger partial charge in [-0.3, -0.25) is 0 Å². The SMILES string of the molecule is CCc1nc2cc(OCC(=O)O)ccc2o1. The van der Waals surface area contributed by atoms with Gasteiger partial charge in [0.05, 0.1) is 0 Å². The Morgan fingerprint density at radius 2 is 2.38 bits per heavy atom. The fourth-order valence-corrected chi connectivity index (χ4v) is 1.34. The highest BCUT2D eigenvalue weighted by molar-refractivity contribution is 5.74. The number of carboxylic acids is 1. The van der Waals surface area contributed by atoms with Gasteiger partial charge >= 0.3 is 5.97 Å². The highest BCUT2D eigenvalue weighted by atomic mass is 16.5. The van der Waals surface area contributed by atoms with Crippen molar-refractivity contribution in [1.29, 1.82) is 0 Å². The third-order valence-corrected chi connectivity index (χ3v) is 2.07. The number of aromatic nitrogens is 1. The summed E-state index contributed by atoms with van der Waals surface area (Å²) in [7, 11) is 0. The zero-order valence-electron chi connectivity index (χ0n) is 8.77. The molecule has 2 rings (SSSR count). The number of hydrogen-bond donors (Lipinski definition) is 1. The molecular formula is C11H11NO4. The molecule has 0 unspecified atom stereocenters. The zero-order chi connectivity index (χ0) is 11.5. The second kappa shape index (κ2) is 4.22. The van der Waals surface area contributed by atoms with Gasteiger partial charge in [-0.25, -0.2) is 9.78 Å². The van der Waals surface area contributed by atoms with E-state index in [9.17, 15) is 4.79 Å². The minimum absolute atomic E-state index is 0.357. The number of nitrogens with zero attached hydrogens (tertiary/aromatic N) is 1. The van der Waals surface area contributed by atoms with E-state index in [1.165, 1.54) is 0 Å². The van der Waals surface area contributed by atoms with Crippen LogP contribution in [0.4, 0.5) is 0 Å². The number of carboxylic acid groups (broad SMARTS) is 1. The van der Waals surface area contributed by atoms with Gasteiger partial charge in [-0.15, -0.1) is 0 Å². The van der Waals surface area contributed by atoms with Crippen LogP contribution in [-0.4, -0.2) is 22.7 Å². The molecule has 0 saturated carbocycles. The molecule has 0 aliphatic heterocycles. The quantitative estimate of drug-likeness (QED) is 0.852. The molecule has 16 heavy (non-hydrogen) atoms. The van der Waals surface area contributed by atoms with Crippen molar-refractivity contribution in [2.24, 2.45) is 0 Å². The number of aliphatic carboxylic acids is 1. The Bertz CT molecular complexity index is 518. The predicted octanol–water partition coefficient (Wildman–Crippen LogP) is 1.85. The molecule has 0 atom stereocenters. The van der Waals surface area contributed by atoms with Crippen LogP contribution in [0.5, 0.6) is 5.75 Å². The number of benzene rings is 1. The standard InChI is InChI=1S/C11H11NO4/c1-2-10-12-8-5-7(15-6-11(13)14)3-4-9(8)16-10/h3-5H,2,6H2,1H3,(H,13,14). The van der Waals surface area contributed by atoms with Crippen LogP contribution in [0.3, 0.4) is 0 Å². The molecule has 0 fully saturated rings. The number of carbonyl (C=O) groups is 1. The lowest BCUT2D eigenvalue weighted by Gasteiger charge is -2.01. The molecule has 1 heterocycles. The number of aryl methyl sites for hydroxylation is 1. The van der Waals surface area contributed by atoms with Crippen LogP contribution in [0.2, 0.25) is 0 Å². The number of hydrogen-bond acceptors (Lipinski definition) is 4. The lowest BCUT2D eigenvalue weighted by Crippen LogP contribution is -2.09. The van der Waals surface area contributed by atoms with Crippen LogP contribution in [0.25, 0.3) is 11.1 Å². The van der Waals surface area contributed by atoms with Crippen LogP contribution >= 0.6 is 0 Å². The van der Waals surface area contributed by atoms with Gasteiger partial charge in [0.25, 0.3) is 0 Å². The van der Waals surface area contributed by atoms with Gasteiger partial charge in [0.2, 0.25) is 0 Å². The minimum Gasteiger partial charge on any atom is -0.482 e. The summed E-state index contributed by atoms with van der Waals surface area (Å²) < 4.78 is 10.5. The van der Waals surface area contributed by atoms with Crippen LogP contribution in [0, 0.1) is 0 Å². The molecule has 0 saturated heterocycles. The topological polar surface area (TPSA) is 72.6 Å². The number of oxazole rings is 1. The van der Waals surface area contributed by atoms with Gasteiger partial charge in [0.1, 0.15) is 11.3 Å². The molecular weight excluding hydrogens is 210 g/mol. The number of rotatable bonds is 4. The molecule has 0 radical (unpaired) electrons. The Balaban J connectivity index is 2.25. The third-order valence-electron chi connectivity index (χ3n) is 2.07. The molecule has 1 N–H and O–H groups in total. The van der Waals surface area contributed by atoms with E-state index in [1.54, 1.807) is 18.2 Å². The van der Waals surface area contributed by atoms with Gasteiger partial charge in [0.15, 0.2) is 18.1 Å². The van der Waals surface area contributed by atoms with Crippen molar-refractivity contribution < 1.29 is 19.1 Å². The molecule has 0 bridgehead atoms. The van der Waals surface area contributed by atoms with Gasteiger partial charge in [-0.05, 0) is 12.1 Å². The fourth-order valence-electron chi connectivity index (χ4n) is 1.34. The summed E-state index contributed by atoms with van der Waals surface area (Å²) in [5.41, 5.74) is 1.36. The van der Waals surface area contributed by atoms with E-state index in [-0.39, 0.29) is 6.61 Å². The van der Waals surface area contributed by atoms with Crippen molar-refractivity contribution in [2.75, 3.05) is 6.61 Å². The fraction of sp³-hybridized carbons (Fsp3) is 0.273. The highest BCUT2D eigenvalue weighted by Gasteiger charge is 2.06. The van der Waals surface area contributed by atoms with Crippen LogP contribution < -0.4 is 4.74 Å². The van der Waals surface area contributed by atoms with Crippen molar-refractivity contribution >= 4 is 17.1 Å². The molecule has 0 aliphatic rings. The third kappa shape index (κ3) is 2.13. The van der Waals surface area contributed by atoms with E-state index in [2.05, 4.69) is 4.98 Å². The van der Waals surface area contributed by atoms with Crippen molar-refractivity contribution in [2.45, 2.75) is 13.3 Å². The first kappa shape index (κ1) is 10.5. The van der Waals surface area contributed by atoms with Crippen molar-refractivity contribution in [3.8, 4) is 5.75 Å². The average Bonchev–Trinajstić information content (AvgIpc) is 2.68. The Kier molecular flexibility index (Phi) is 2.76. The maximum absolute atomic E-state index is 10.3. The lowest BCUT2D eigenvalue weighted by molar-refractivity contribution is -0.139. The Morgan fingerprint density at radius 1 is 1.56 bits per heavy atom. The molecule has 0 aliphatic carbocycles. The number of ether oxygens (including phenoxy) is 1. The summed E-state index contributed by atoms with van der Waals surface area (Å²) in [4.78, 5) is 14.6. The smallest absolute Gasteiger partial charge is 0.341 e. The summed E-state index contributed by atoms with van der Waals surface area (Å²) in [5.74, 6) is 0.130. The summed E-state index contributed by atoms with van der Waals surface area (Å²) >= 11 is 0. The van der Waals surface area contributed by atoms with Gasteiger partial charge in [-0.1, -0.05) is 6.92 Å². The zero-order valence-corrected chi connectivity index (χ0v) is 8.77. The monoisotopic (exact) mass is 221 g/mol. The van der Waals surface area contributed by atoms with E-state index in [0.717, 1.165) is 6.42 Å². The van der Waals surface area contributed by atoms with Crippen LogP contribution in [0.1, 0.15) is 12.8 Å². The first-order chi connectivity index (χ1) is 7.69. The summed E-state index contributed by atoms with van der Waals surface area (Å²) in [6.07, 6.45) is 0.722. The van der Waals surface area contributed by atoms with E-state index in [0.29, 0.717) is 22.7 Å². The summed E-state index contributed by atoms with van der Waals surface area (Å²) in [5, 5.41) is 8.47. The Morgan fingerprint density at radius 3 is 3.06 bits per heavy atom. The largest absolute Gasteiger partial charge is 0.482 e. The normalized spacial score (nSPS) is 10.6. The molecule has 5 nitrogen and oxygen atoms in total. The molecule has 0 spiro atoms. The lowest BCUT2D eigenvalue weighted by atomic mass is 10.3. The van der Waals surface area contributed by atoms with Crippen molar-refractivity contribution in [3.63, 3.8) is 0 Å². The van der Waals surface area contributed by atoms with Crippen LogP contribution in [0.15, 0.2) is 22.6 Å². The predicted molar refractivity (Wildman–Crippen MR) is 56.5 cm³/mol.